The molecule has 1 saturated carbocycles. The van der Waals surface area contributed by atoms with Gasteiger partial charge in [0.1, 0.15) is 0 Å². The van der Waals surface area contributed by atoms with Crippen molar-refractivity contribution in [2.45, 2.75) is 45.1 Å². The first-order valence-electron chi connectivity index (χ1n) is 8.36. The van der Waals surface area contributed by atoms with E-state index in [1.165, 1.54) is 43.1 Å². The van der Waals surface area contributed by atoms with E-state index in [-0.39, 0.29) is 0 Å². The fourth-order valence-corrected chi connectivity index (χ4v) is 4.17. The summed E-state index contributed by atoms with van der Waals surface area (Å²) in [5.41, 5.74) is 2.53. The molecule has 1 heterocycles. The van der Waals surface area contributed by atoms with Crippen LogP contribution in [-0.4, -0.2) is 12.0 Å². The molecule has 3 atom stereocenters. The largest absolute Gasteiger partial charge is 0.313 e. The van der Waals surface area contributed by atoms with Crippen LogP contribution in [0.3, 0.4) is 0 Å². The zero-order valence-electron chi connectivity index (χ0n) is 13.2. The zero-order chi connectivity index (χ0) is 14.7. The quantitative estimate of drug-likeness (QED) is 0.878. The van der Waals surface area contributed by atoms with Gasteiger partial charge in [0.25, 0.3) is 0 Å². The SMILES string of the molecule is CCC1CCCCC1C(NC)c1ccnc2ccccc12. The van der Waals surface area contributed by atoms with Gasteiger partial charge in [0.2, 0.25) is 0 Å². The molecule has 1 fully saturated rings. The molecule has 1 aliphatic carbocycles. The highest BCUT2D eigenvalue weighted by atomic mass is 14.9. The lowest BCUT2D eigenvalue weighted by molar-refractivity contribution is 0.181. The van der Waals surface area contributed by atoms with Crippen LogP contribution in [0.25, 0.3) is 10.9 Å². The van der Waals surface area contributed by atoms with Gasteiger partial charge in [0, 0.05) is 17.6 Å². The minimum atomic E-state index is 0.447. The van der Waals surface area contributed by atoms with Crippen LogP contribution in [0.15, 0.2) is 36.5 Å². The van der Waals surface area contributed by atoms with Crippen molar-refractivity contribution in [3.05, 3.63) is 42.1 Å². The summed E-state index contributed by atoms with van der Waals surface area (Å²) < 4.78 is 0. The molecule has 3 rings (SSSR count). The Balaban J connectivity index is 2.01. The number of hydrogen-bond acceptors (Lipinski definition) is 2. The summed E-state index contributed by atoms with van der Waals surface area (Å²) in [5, 5.41) is 4.92. The van der Waals surface area contributed by atoms with Gasteiger partial charge in [-0.1, -0.05) is 50.8 Å². The number of nitrogens with zero attached hydrogens (tertiary/aromatic N) is 1. The normalized spacial score (nSPS) is 24.1. The summed E-state index contributed by atoms with van der Waals surface area (Å²) in [4.78, 5) is 4.52. The Morgan fingerprint density at radius 3 is 2.81 bits per heavy atom. The van der Waals surface area contributed by atoms with E-state index < -0.39 is 0 Å². The Hall–Kier alpha value is -1.41. The molecule has 2 nitrogen and oxygen atoms in total. The molecule has 1 aromatic carbocycles. The van der Waals surface area contributed by atoms with Gasteiger partial charge in [0.15, 0.2) is 0 Å². The first-order valence-corrected chi connectivity index (χ1v) is 8.36. The maximum atomic E-state index is 4.52. The molecular weight excluding hydrogens is 256 g/mol. The first-order chi connectivity index (χ1) is 10.3. The van der Waals surface area contributed by atoms with Crippen LogP contribution in [-0.2, 0) is 0 Å². The zero-order valence-corrected chi connectivity index (χ0v) is 13.2. The number of fused-ring (bicyclic) bond motifs is 1. The molecule has 0 amide bonds. The van der Waals surface area contributed by atoms with Crippen LogP contribution >= 0.6 is 0 Å². The van der Waals surface area contributed by atoms with Crippen LogP contribution in [0.1, 0.15) is 50.6 Å². The maximum absolute atomic E-state index is 4.52. The van der Waals surface area contributed by atoms with Crippen molar-refractivity contribution < 1.29 is 0 Å². The molecule has 1 aliphatic rings. The van der Waals surface area contributed by atoms with Crippen LogP contribution in [0.4, 0.5) is 0 Å². The lowest BCUT2D eigenvalue weighted by Crippen LogP contribution is -2.32. The van der Waals surface area contributed by atoms with E-state index in [9.17, 15) is 0 Å². The molecule has 1 aromatic heterocycles. The van der Waals surface area contributed by atoms with E-state index in [0.29, 0.717) is 6.04 Å². The summed E-state index contributed by atoms with van der Waals surface area (Å²) in [6, 6.07) is 11.2. The number of hydrogen-bond donors (Lipinski definition) is 1. The number of aromatic nitrogens is 1. The monoisotopic (exact) mass is 282 g/mol. The Morgan fingerprint density at radius 2 is 2.00 bits per heavy atom. The lowest BCUT2D eigenvalue weighted by Gasteiger charge is -2.37. The van der Waals surface area contributed by atoms with Gasteiger partial charge in [-0.05, 0) is 43.0 Å². The van der Waals surface area contributed by atoms with Crippen LogP contribution in [0.5, 0.6) is 0 Å². The van der Waals surface area contributed by atoms with Crippen molar-refractivity contribution in [2.75, 3.05) is 7.05 Å². The molecule has 2 aromatic rings. The molecule has 0 saturated heterocycles. The second kappa shape index (κ2) is 6.57. The third-order valence-electron chi connectivity index (χ3n) is 5.25. The van der Waals surface area contributed by atoms with Crippen molar-refractivity contribution in [3.63, 3.8) is 0 Å². The Morgan fingerprint density at radius 1 is 1.19 bits per heavy atom. The van der Waals surface area contributed by atoms with Gasteiger partial charge in [0.05, 0.1) is 5.52 Å². The Kier molecular flexibility index (Phi) is 4.54. The Labute approximate surface area is 128 Å². The van der Waals surface area contributed by atoms with E-state index in [4.69, 9.17) is 0 Å². The van der Waals surface area contributed by atoms with Crippen molar-refractivity contribution in [3.8, 4) is 0 Å². The van der Waals surface area contributed by atoms with Crippen molar-refractivity contribution in [2.24, 2.45) is 11.8 Å². The predicted molar refractivity (Wildman–Crippen MR) is 89.3 cm³/mol. The highest BCUT2D eigenvalue weighted by Gasteiger charge is 2.31. The van der Waals surface area contributed by atoms with Gasteiger partial charge in [-0.2, -0.15) is 0 Å². The summed E-state index contributed by atoms with van der Waals surface area (Å²) in [6.07, 6.45) is 8.78. The minimum absolute atomic E-state index is 0.447. The highest BCUT2D eigenvalue weighted by molar-refractivity contribution is 5.82. The van der Waals surface area contributed by atoms with Gasteiger partial charge in [-0.15, -0.1) is 0 Å². The smallest absolute Gasteiger partial charge is 0.0705 e. The molecule has 112 valence electrons. The topological polar surface area (TPSA) is 24.9 Å². The van der Waals surface area contributed by atoms with Gasteiger partial charge < -0.3 is 5.32 Å². The van der Waals surface area contributed by atoms with E-state index in [0.717, 1.165) is 17.4 Å². The van der Waals surface area contributed by atoms with Gasteiger partial charge >= 0.3 is 0 Å². The minimum Gasteiger partial charge on any atom is -0.313 e. The van der Waals surface area contributed by atoms with E-state index >= 15 is 0 Å². The number of pyridine rings is 1. The standard InChI is InChI=1S/C19H26N2/c1-3-14-8-4-5-9-15(14)19(20-2)17-12-13-21-18-11-7-6-10-16(17)18/h6-7,10-15,19-20H,3-5,8-9H2,1-2H3. The average molecular weight is 282 g/mol. The summed E-state index contributed by atoms with van der Waals surface area (Å²) in [5.74, 6) is 1.60. The number of benzene rings is 1. The van der Waals surface area contributed by atoms with Crippen molar-refractivity contribution >= 4 is 10.9 Å². The van der Waals surface area contributed by atoms with Gasteiger partial charge in [-0.3, -0.25) is 4.98 Å². The predicted octanol–water partition coefficient (Wildman–Crippen LogP) is 4.71. The van der Waals surface area contributed by atoms with E-state index in [1.807, 2.05) is 6.20 Å². The molecule has 3 unspecified atom stereocenters. The lowest BCUT2D eigenvalue weighted by atomic mass is 9.72. The first kappa shape index (κ1) is 14.5. The van der Waals surface area contributed by atoms with E-state index in [2.05, 4.69) is 54.6 Å². The molecule has 0 radical (unpaired) electrons. The maximum Gasteiger partial charge on any atom is 0.0705 e. The second-order valence-electron chi connectivity index (χ2n) is 6.30. The number of para-hydroxylation sites is 1. The second-order valence-corrected chi connectivity index (χ2v) is 6.30. The molecule has 1 N–H and O–H groups in total. The molecule has 0 bridgehead atoms. The third-order valence-corrected chi connectivity index (χ3v) is 5.25. The van der Waals surface area contributed by atoms with E-state index in [1.54, 1.807) is 0 Å². The third kappa shape index (κ3) is 2.82. The van der Waals surface area contributed by atoms with Gasteiger partial charge in [-0.25, -0.2) is 0 Å². The summed E-state index contributed by atoms with van der Waals surface area (Å²) in [7, 11) is 2.11. The number of nitrogens with one attached hydrogen (secondary N) is 1. The fourth-order valence-electron chi connectivity index (χ4n) is 4.17. The Bertz CT molecular complexity index is 588. The molecule has 0 spiro atoms. The molecule has 21 heavy (non-hydrogen) atoms. The van der Waals surface area contributed by atoms with Crippen LogP contribution in [0.2, 0.25) is 0 Å². The molecule has 2 heteroatoms. The van der Waals surface area contributed by atoms with Crippen LogP contribution in [0, 0.1) is 11.8 Å². The van der Waals surface area contributed by atoms with Crippen molar-refractivity contribution in [1.29, 1.82) is 0 Å². The molecular formula is C19H26N2. The fraction of sp³-hybridized carbons (Fsp3) is 0.526. The average Bonchev–Trinajstić information content (AvgIpc) is 2.56. The highest BCUT2D eigenvalue weighted by Crippen LogP contribution is 2.41. The number of rotatable bonds is 4. The molecule has 0 aliphatic heterocycles. The van der Waals surface area contributed by atoms with Crippen molar-refractivity contribution in [1.82, 2.24) is 10.3 Å². The summed E-state index contributed by atoms with van der Waals surface area (Å²) in [6.45, 7) is 2.35. The van der Waals surface area contributed by atoms with Crippen LogP contribution < -0.4 is 5.32 Å². The summed E-state index contributed by atoms with van der Waals surface area (Å²) >= 11 is 0.